The second-order valence-corrected chi connectivity index (χ2v) is 13.0. The number of pyridine rings is 2. The number of aldehydes is 1. The topological polar surface area (TPSA) is 117 Å². The third kappa shape index (κ3) is 5.79. The number of aromatic hydroxyl groups is 1. The molecule has 0 amide bonds. The molecule has 0 fully saturated rings. The zero-order chi connectivity index (χ0) is 35.2. The standard InChI is InChI=1S/C42H31ClN4O4/c1-23-9-13-27-5-3-7-34(38(27)46-23)44-20-31-36(49)18-17-29-37(26-15-11-25(22-48)12-16-26)30-19-33(43)40(50)32(42(30)51-41(29)31)21-45-35-8-4-6-28-14-10-24(2)47-39(28)35/h3-19,22,44-45,49H,20-21H2,1-2H3. The number of nitrogens with zero attached hydrogens (tertiary/aromatic N) is 2. The summed E-state index contributed by atoms with van der Waals surface area (Å²) in [4.78, 5) is 34.9. The first-order chi connectivity index (χ1) is 24.8. The monoisotopic (exact) mass is 690 g/mol. The summed E-state index contributed by atoms with van der Waals surface area (Å²) in [6.07, 6.45) is 0.791. The van der Waals surface area contributed by atoms with Crippen molar-refractivity contribution in [3.8, 4) is 28.2 Å². The van der Waals surface area contributed by atoms with Gasteiger partial charge in [0.2, 0.25) is 5.43 Å². The molecule has 0 saturated heterocycles. The van der Waals surface area contributed by atoms with Crippen LogP contribution < -0.4 is 16.1 Å². The maximum atomic E-state index is 13.8. The molecule has 0 unspecified atom stereocenters. The fourth-order valence-corrected chi connectivity index (χ4v) is 6.88. The van der Waals surface area contributed by atoms with E-state index in [-0.39, 0.29) is 29.3 Å². The quantitative estimate of drug-likeness (QED) is 0.107. The second-order valence-electron chi connectivity index (χ2n) is 12.6. The highest BCUT2D eigenvalue weighted by Gasteiger charge is 2.26. The van der Waals surface area contributed by atoms with Crippen LogP contribution in [0.4, 0.5) is 11.4 Å². The van der Waals surface area contributed by atoms with Crippen molar-refractivity contribution < 1.29 is 14.3 Å². The summed E-state index contributed by atoms with van der Waals surface area (Å²) in [6, 6.07) is 32.0. The molecule has 1 aliphatic carbocycles. The van der Waals surface area contributed by atoms with Gasteiger partial charge < -0.3 is 20.2 Å². The number of phenols is 1. The number of aromatic nitrogens is 2. The maximum absolute atomic E-state index is 13.8. The Morgan fingerprint density at radius 1 is 0.765 bits per heavy atom. The number of nitrogens with one attached hydrogen (secondary N) is 2. The Bertz CT molecular complexity index is 2690. The van der Waals surface area contributed by atoms with Crippen LogP contribution in [0.15, 0.2) is 112 Å². The molecule has 0 saturated carbocycles. The predicted octanol–water partition coefficient (Wildman–Crippen LogP) is 9.67. The molecule has 250 valence electrons. The predicted molar refractivity (Wildman–Crippen MR) is 204 cm³/mol. The summed E-state index contributed by atoms with van der Waals surface area (Å²) in [5.74, 6) is 0.357. The molecule has 9 heteroatoms. The highest BCUT2D eigenvalue weighted by atomic mass is 35.5. The zero-order valence-electron chi connectivity index (χ0n) is 27.8. The van der Waals surface area contributed by atoms with Gasteiger partial charge in [-0.05, 0) is 61.9 Å². The minimum atomic E-state index is -0.372. The van der Waals surface area contributed by atoms with Gasteiger partial charge in [-0.25, -0.2) is 0 Å². The van der Waals surface area contributed by atoms with E-state index in [1.54, 1.807) is 30.3 Å². The number of phenolic OH excluding ortho intramolecular Hbond substituents is 1. The largest absolute Gasteiger partial charge is 0.507 e. The first-order valence-electron chi connectivity index (χ1n) is 16.5. The number of para-hydroxylation sites is 2. The van der Waals surface area contributed by atoms with E-state index in [1.807, 2.05) is 86.6 Å². The van der Waals surface area contributed by atoms with Crippen molar-refractivity contribution in [1.82, 2.24) is 9.97 Å². The summed E-state index contributed by atoms with van der Waals surface area (Å²) < 4.78 is 6.74. The fourth-order valence-electron chi connectivity index (χ4n) is 6.66. The number of hydrogen-bond donors (Lipinski definition) is 3. The lowest BCUT2D eigenvalue weighted by Gasteiger charge is -2.21. The van der Waals surface area contributed by atoms with Gasteiger partial charge in [-0.1, -0.05) is 72.3 Å². The molecule has 0 bridgehead atoms. The van der Waals surface area contributed by atoms with Gasteiger partial charge in [-0.3, -0.25) is 19.6 Å². The van der Waals surface area contributed by atoms with Crippen LogP contribution in [-0.2, 0) is 13.1 Å². The van der Waals surface area contributed by atoms with E-state index in [0.717, 1.165) is 62.0 Å². The first kappa shape index (κ1) is 32.0. The average Bonchev–Trinajstić information content (AvgIpc) is 3.14. The van der Waals surface area contributed by atoms with Crippen molar-refractivity contribution in [3.05, 3.63) is 146 Å². The van der Waals surface area contributed by atoms with E-state index >= 15 is 0 Å². The lowest BCUT2D eigenvalue weighted by molar-refractivity contribution is 0.112. The van der Waals surface area contributed by atoms with E-state index in [4.69, 9.17) is 26.0 Å². The van der Waals surface area contributed by atoms with Gasteiger partial charge in [0, 0.05) is 57.3 Å². The summed E-state index contributed by atoms with van der Waals surface area (Å²) in [6.45, 7) is 4.17. The van der Waals surface area contributed by atoms with Crippen LogP contribution in [0.1, 0.15) is 32.9 Å². The van der Waals surface area contributed by atoms with Crippen LogP contribution in [0, 0.1) is 13.8 Å². The van der Waals surface area contributed by atoms with Crippen molar-refractivity contribution in [2.75, 3.05) is 10.6 Å². The molecule has 2 aromatic heterocycles. The molecule has 0 spiro atoms. The molecular weight excluding hydrogens is 660 g/mol. The van der Waals surface area contributed by atoms with E-state index in [9.17, 15) is 14.7 Å². The summed E-state index contributed by atoms with van der Waals surface area (Å²) in [5, 5.41) is 20.9. The van der Waals surface area contributed by atoms with Crippen LogP contribution in [0.25, 0.3) is 55.2 Å². The van der Waals surface area contributed by atoms with Crippen molar-refractivity contribution in [3.63, 3.8) is 0 Å². The van der Waals surface area contributed by atoms with Crippen LogP contribution in [0.3, 0.4) is 0 Å². The van der Waals surface area contributed by atoms with Crippen LogP contribution >= 0.6 is 11.6 Å². The van der Waals surface area contributed by atoms with E-state index in [2.05, 4.69) is 10.6 Å². The Morgan fingerprint density at radius 2 is 1.37 bits per heavy atom. The SMILES string of the molecule is Cc1ccc2cccc(NCc3c4oc5c(CNc6cccc7ccc(C)nc67)c(O)ccc5c(-c5ccc(C=O)cc5)c-4cc(Cl)c3=O)c2n1. The summed E-state index contributed by atoms with van der Waals surface area (Å²) >= 11 is 6.69. The van der Waals surface area contributed by atoms with Crippen molar-refractivity contribution in [2.45, 2.75) is 26.9 Å². The molecule has 1 aliphatic heterocycles. The molecule has 8 nitrogen and oxygen atoms in total. The number of rotatable bonds is 8. The van der Waals surface area contributed by atoms with Gasteiger partial charge in [-0.2, -0.15) is 0 Å². The third-order valence-electron chi connectivity index (χ3n) is 9.22. The van der Waals surface area contributed by atoms with Crippen LogP contribution in [0.5, 0.6) is 5.75 Å². The number of aryl methyl sites for hydroxylation is 2. The molecule has 3 N–H and O–H groups in total. The number of carbonyl (C=O) groups is 1. The van der Waals surface area contributed by atoms with Gasteiger partial charge in [0.1, 0.15) is 23.4 Å². The molecule has 51 heavy (non-hydrogen) atoms. The summed E-state index contributed by atoms with van der Waals surface area (Å²) in [5.41, 5.74) is 8.45. The molecule has 0 radical (unpaired) electrons. The summed E-state index contributed by atoms with van der Waals surface area (Å²) in [7, 11) is 0. The highest BCUT2D eigenvalue weighted by molar-refractivity contribution is 6.31. The van der Waals surface area contributed by atoms with Crippen LogP contribution in [-0.4, -0.2) is 21.4 Å². The molecule has 2 aliphatic rings. The van der Waals surface area contributed by atoms with Gasteiger partial charge in [0.15, 0.2) is 0 Å². The van der Waals surface area contributed by atoms with Crippen molar-refractivity contribution in [1.29, 1.82) is 0 Å². The number of halogens is 1. The van der Waals surface area contributed by atoms with Crippen molar-refractivity contribution in [2.24, 2.45) is 0 Å². The van der Waals surface area contributed by atoms with Gasteiger partial charge in [0.05, 0.1) is 38.6 Å². The molecule has 6 aromatic rings. The third-order valence-corrected chi connectivity index (χ3v) is 9.51. The number of hydrogen-bond acceptors (Lipinski definition) is 8. The minimum Gasteiger partial charge on any atom is -0.507 e. The van der Waals surface area contributed by atoms with Gasteiger partial charge >= 0.3 is 0 Å². The molecule has 4 aromatic carbocycles. The van der Waals surface area contributed by atoms with Crippen molar-refractivity contribution >= 4 is 62.0 Å². The maximum Gasteiger partial charge on any atom is 0.205 e. The zero-order valence-corrected chi connectivity index (χ0v) is 28.5. The minimum absolute atomic E-state index is 0.0258. The Kier molecular flexibility index (Phi) is 8.09. The van der Waals surface area contributed by atoms with Gasteiger partial charge in [0.25, 0.3) is 0 Å². The second kappa shape index (κ2) is 12.9. The Morgan fingerprint density at radius 3 is 1.98 bits per heavy atom. The molecule has 3 heterocycles. The Balaban J connectivity index is 1.32. The lowest BCUT2D eigenvalue weighted by atomic mass is 9.90. The van der Waals surface area contributed by atoms with E-state index in [1.165, 1.54) is 0 Å². The Hall–Kier alpha value is -6.25. The normalized spacial score (nSPS) is 11.4. The lowest BCUT2D eigenvalue weighted by Crippen LogP contribution is -2.16. The average molecular weight is 691 g/mol. The van der Waals surface area contributed by atoms with E-state index in [0.29, 0.717) is 39.0 Å². The highest BCUT2D eigenvalue weighted by Crippen LogP contribution is 2.45. The van der Waals surface area contributed by atoms with Gasteiger partial charge in [-0.15, -0.1) is 0 Å². The van der Waals surface area contributed by atoms with E-state index < -0.39 is 0 Å². The van der Waals surface area contributed by atoms with Crippen LogP contribution in [0.2, 0.25) is 5.02 Å². The number of carbonyl (C=O) groups excluding carboxylic acids is 1. The first-order valence-corrected chi connectivity index (χ1v) is 16.9. The number of anilines is 2. The number of fused-ring (bicyclic) bond motifs is 4. The smallest absolute Gasteiger partial charge is 0.205 e. The molecular formula is C42H31ClN4O4. The number of benzene rings is 5. The molecule has 0 atom stereocenters. The fraction of sp³-hybridized carbons (Fsp3) is 0.0952. The molecule has 8 rings (SSSR count). The Labute approximate surface area is 297 Å².